The molecule has 2 amide bonds. The average molecular weight is 383 g/mol. The average Bonchev–Trinajstić information content (AvgIpc) is 2.73. The summed E-state index contributed by atoms with van der Waals surface area (Å²) in [6, 6.07) is 7.37. The molecule has 0 spiro atoms. The number of likely N-dealkylation sites (tertiary alicyclic amines) is 1. The number of hydrogen-bond acceptors (Lipinski definition) is 6. The zero-order chi connectivity index (χ0) is 19.8. The van der Waals surface area contributed by atoms with Crippen molar-refractivity contribution in [1.82, 2.24) is 20.2 Å². The van der Waals surface area contributed by atoms with Crippen molar-refractivity contribution in [3.8, 4) is 0 Å². The van der Waals surface area contributed by atoms with Gasteiger partial charge < -0.3 is 20.3 Å². The minimum Gasteiger partial charge on any atom is -0.450 e. The third-order valence-electron chi connectivity index (χ3n) is 4.60. The number of carbonyl (C=O) groups excluding carboxylic acids is 2. The van der Waals surface area contributed by atoms with Gasteiger partial charge in [-0.15, -0.1) is 0 Å². The first-order valence-electron chi connectivity index (χ1n) is 9.47. The summed E-state index contributed by atoms with van der Waals surface area (Å²) < 4.78 is 5.04. The van der Waals surface area contributed by atoms with Crippen molar-refractivity contribution in [3.63, 3.8) is 0 Å². The molecule has 0 saturated carbocycles. The van der Waals surface area contributed by atoms with Crippen LogP contribution in [-0.2, 0) is 11.3 Å². The zero-order valence-corrected chi connectivity index (χ0v) is 15.9. The first-order chi connectivity index (χ1) is 13.7. The number of anilines is 1. The second-order valence-corrected chi connectivity index (χ2v) is 6.57. The Morgan fingerprint density at radius 3 is 2.64 bits per heavy atom. The van der Waals surface area contributed by atoms with Crippen LogP contribution in [0.4, 0.5) is 10.6 Å². The third kappa shape index (κ3) is 5.42. The number of ether oxygens (including phenoxy) is 1. The Kier molecular flexibility index (Phi) is 6.78. The Labute approximate surface area is 164 Å². The van der Waals surface area contributed by atoms with Gasteiger partial charge in [0.05, 0.1) is 6.61 Å². The van der Waals surface area contributed by atoms with Crippen LogP contribution in [0.3, 0.4) is 0 Å². The molecule has 3 rings (SSSR count). The smallest absolute Gasteiger partial charge is 0.409 e. The van der Waals surface area contributed by atoms with E-state index < -0.39 is 0 Å². The van der Waals surface area contributed by atoms with E-state index in [-0.39, 0.29) is 18.0 Å². The largest absolute Gasteiger partial charge is 0.450 e. The summed E-state index contributed by atoms with van der Waals surface area (Å²) in [7, 11) is 0. The maximum Gasteiger partial charge on any atom is 0.409 e. The molecule has 0 aromatic carbocycles. The molecule has 3 heterocycles. The third-order valence-corrected chi connectivity index (χ3v) is 4.60. The number of carbonyl (C=O) groups is 2. The number of nitrogens with one attached hydrogen (secondary N) is 2. The fourth-order valence-electron chi connectivity index (χ4n) is 3.07. The normalized spacial score (nSPS) is 14.4. The molecule has 2 aromatic rings. The molecular weight excluding hydrogens is 358 g/mol. The maximum absolute atomic E-state index is 12.4. The lowest BCUT2D eigenvalue weighted by Gasteiger charge is -2.31. The number of hydrogen-bond donors (Lipinski definition) is 2. The van der Waals surface area contributed by atoms with Gasteiger partial charge in [-0.3, -0.25) is 9.78 Å². The van der Waals surface area contributed by atoms with Gasteiger partial charge in [0, 0.05) is 49.8 Å². The molecule has 148 valence electrons. The van der Waals surface area contributed by atoms with Crippen molar-refractivity contribution in [2.24, 2.45) is 0 Å². The summed E-state index contributed by atoms with van der Waals surface area (Å²) in [6.07, 6.45) is 6.37. The van der Waals surface area contributed by atoms with Gasteiger partial charge in [0.1, 0.15) is 5.82 Å². The molecule has 2 aromatic heterocycles. The summed E-state index contributed by atoms with van der Waals surface area (Å²) in [6.45, 7) is 3.92. The van der Waals surface area contributed by atoms with Crippen LogP contribution in [0.1, 0.15) is 35.7 Å². The summed E-state index contributed by atoms with van der Waals surface area (Å²) in [4.78, 5) is 34.2. The van der Waals surface area contributed by atoms with E-state index in [1.807, 2.05) is 12.1 Å². The van der Waals surface area contributed by atoms with Crippen molar-refractivity contribution in [1.29, 1.82) is 0 Å². The van der Waals surface area contributed by atoms with E-state index in [1.165, 1.54) is 0 Å². The van der Waals surface area contributed by atoms with Crippen LogP contribution in [0.2, 0.25) is 0 Å². The Hall–Kier alpha value is -3.16. The van der Waals surface area contributed by atoms with Crippen LogP contribution in [0, 0.1) is 0 Å². The molecule has 0 bridgehead atoms. The summed E-state index contributed by atoms with van der Waals surface area (Å²) in [5, 5.41) is 6.26. The number of piperidine rings is 1. The molecule has 0 aliphatic carbocycles. The second kappa shape index (κ2) is 9.68. The first kappa shape index (κ1) is 19.6. The predicted octanol–water partition coefficient (Wildman–Crippen LogP) is 2.44. The van der Waals surface area contributed by atoms with E-state index in [1.54, 1.807) is 42.5 Å². The summed E-state index contributed by atoms with van der Waals surface area (Å²) in [5.74, 6) is 0.505. The fraction of sp³-hybridized carbons (Fsp3) is 0.400. The van der Waals surface area contributed by atoms with E-state index in [0.29, 0.717) is 37.6 Å². The van der Waals surface area contributed by atoms with E-state index >= 15 is 0 Å². The van der Waals surface area contributed by atoms with Crippen LogP contribution in [0.5, 0.6) is 0 Å². The number of amides is 2. The van der Waals surface area contributed by atoms with E-state index in [4.69, 9.17) is 4.74 Å². The van der Waals surface area contributed by atoms with Crippen LogP contribution >= 0.6 is 0 Å². The number of pyridine rings is 2. The van der Waals surface area contributed by atoms with E-state index in [9.17, 15) is 9.59 Å². The highest BCUT2D eigenvalue weighted by atomic mass is 16.6. The molecule has 1 fully saturated rings. The van der Waals surface area contributed by atoms with Crippen molar-refractivity contribution in [2.45, 2.75) is 32.4 Å². The Balaban J connectivity index is 1.51. The lowest BCUT2D eigenvalue weighted by molar-refractivity contribution is 0.0948. The van der Waals surface area contributed by atoms with Crippen molar-refractivity contribution >= 4 is 17.8 Å². The molecule has 8 heteroatoms. The van der Waals surface area contributed by atoms with Gasteiger partial charge in [-0.25, -0.2) is 9.78 Å². The van der Waals surface area contributed by atoms with Gasteiger partial charge in [-0.1, -0.05) is 0 Å². The second-order valence-electron chi connectivity index (χ2n) is 6.57. The maximum atomic E-state index is 12.4. The molecule has 2 N–H and O–H groups in total. The molecule has 0 unspecified atom stereocenters. The van der Waals surface area contributed by atoms with E-state index in [0.717, 1.165) is 18.4 Å². The molecule has 1 saturated heterocycles. The van der Waals surface area contributed by atoms with Crippen molar-refractivity contribution < 1.29 is 14.3 Å². The number of rotatable bonds is 6. The fourth-order valence-corrected chi connectivity index (χ4v) is 3.07. The predicted molar refractivity (Wildman–Crippen MR) is 105 cm³/mol. The van der Waals surface area contributed by atoms with Crippen LogP contribution < -0.4 is 10.6 Å². The monoisotopic (exact) mass is 383 g/mol. The van der Waals surface area contributed by atoms with Gasteiger partial charge in [0.2, 0.25) is 0 Å². The highest BCUT2D eigenvalue weighted by molar-refractivity contribution is 5.94. The standard InChI is InChI=1S/C20H25N5O3/c1-2-28-20(27)25-11-6-17(7-12-25)24-18-13-16(5-10-22-18)19(26)23-14-15-3-8-21-9-4-15/h3-5,8-10,13,17H,2,6-7,11-12,14H2,1H3,(H,22,24)(H,23,26). The molecule has 1 aliphatic rings. The molecule has 0 radical (unpaired) electrons. The number of nitrogens with zero attached hydrogens (tertiary/aromatic N) is 3. The minimum atomic E-state index is -0.257. The van der Waals surface area contributed by atoms with Gasteiger partial charge in [0.25, 0.3) is 5.91 Å². The topological polar surface area (TPSA) is 96.5 Å². The van der Waals surface area contributed by atoms with Gasteiger partial charge in [-0.2, -0.15) is 0 Å². The SMILES string of the molecule is CCOC(=O)N1CCC(Nc2cc(C(=O)NCc3ccncc3)ccn2)CC1. The highest BCUT2D eigenvalue weighted by Crippen LogP contribution is 2.17. The zero-order valence-electron chi connectivity index (χ0n) is 15.9. The van der Waals surface area contributed by atoms with Crippen LogP contribution in [0.25, 0.3) is 0 Å². The van der Waals surface area contributed by atoms with Crippen LogP contribution in [-0.4, -0.2) is 52.6 Å². The highest BCUT2D eigenvalue weighted by Gasteiger charge is 2.23. The molecule has 0 atom stereocenters. The Morgan fingerprint density at radius 1 is 1.18 bits per heavy atom. The van der Waals surface area contributed by atoms with Gasteiger partial charge in [-0.05, 0) is 49.6 Å². The first-order valence-corrected chi connectivity index (χ1v) is 9.47. The van der Waals surface area contributed by atoms with Gasteiger partial charge in [0.15, 0.2) is 0 Å². The quantitative estimate of drug-likeness (QED) is 0.795. The van der Waals surface area contributed by atoms with Crippen molar-refractivity contribution in [3.05, 3.63) is 54.0 Å². The molecule has 28 heavy (non-hydrogen) atoms. The summed E-state index contributed by atoms with van der Waals surface area (Å²) in [5.41, 5.74) is 1.54. The summed E-state index contributed by atoms with van der Waals surface area (Å²) >= 11 is 0. The lowest BCUT2D eigenvalue weighted by Crippen LogP contribution is -2.42. The molecular formula is C20H25N5O3. The molecule has 8 nitrogen and oxygen atoms in total. The Morgan fingerprint density at radius 2 is 1.93 bits per heavy atom. The number of aromatic nitrogens is 2. The molecule has 1 aliphatic heterocycles. The lowest BCUT2D eigenvalue weighted by atomic mass is 10.1. The van der Waals surface area contributed by atoms with E-state index in [2.05, 4.69) is 20.6 Å². The van der Waals surface area contributed by atoms with Crippen LogP contribution in [0.15, 0.2) is 42.9 Å². The Bertz CT molecular complexity index is 791. The van der Waals surface area contributed by atoms with Crippen molar-refractivity contribution in [2.75, 3.05) is 25.0 Å². The van der Waals surface area contributed by atoms with Gasteiger partial charge >= 0.3 is 6.09 Å². The minimum absolute atomic E-state index is 0.153.